The van der Waals surface area contributed by atoms with Gasteiger partial charge in [0.2, 0.25) is 10.0 Å². The highest BCUT2D eigenvalue weighted by Gasteiger charge is 2.18. The molecule has 0 aromatic heterocycles. The van der Waals surface area contributed by atoms with Gasteiger partial charge in [0.05, 0.1) is 4.90 Å². The molecule has 1 unspecified atom stereocenters. The first-order valence-electron chi connectivity index (χ1n) is 6.54. The van der Waals surface area contributed by atoms with Gasteiger partial charge in [-0.25, -0.2) is 13.1 Å². The molecule has 0 amide bonds. The van der Waals surface area contributed by atoms with Gasteiger partial charge >= 0.3 is 0 Å². The third-order valence-electron chi connectivity index (χ3n) is 3.37. The van der Waals surface area contributed by atoms with Crippen LogP contribution in [0.4, 0.5) is 0 Å². The smallest absolute Gasteiger partial charge is 0.241 e. The van der Waals surface area contributed by atoms with E-state index in [-0.39, 0.29) is 0 Å². The number of sulfonamides is 1. The molecule has 1 heterocycles. The van der Waals surface area contributed by atoms with Crippen molar-refractivity contribution in [1.82, 2.24) is 10.0 Å². The summed E-state index contributed by atoms with van der Waals surface area (Å²) in [6.45, 7) is 2.58. The highest BCUT2D eigenvalue weighted by molar-refractivity contribution is 9.10. The van der Waals surface area contributed by atoms with Crippen molar-refractivity contribution >= 4 is 26.0 Å². The van der Waals surface area contributed by atoms with Crippen LogP contribution in [-0.4, -0.2) is 28.1 Å². The zero-order valence-electron chi connectivity index (χ0n) is 10.7. The number of rotatable bonds is 5. The van der Waals surface area contributed by atoms with E-state index < -0.39 is 10.0 Å². The first kappa shape index (κ1) is 15.0. The number of nitrogens with one attached hydrogen (secondary N) is 2. The zero-order valence-corrected chi connectivity index (χ0v) is 13.1. The molecule has 0 aliphatic carbocycles. The number of halogens is 1. The highest BCUT2D eigenvalue weighted by Crippen LogP contribution is 2.21. The third kappa shape index (κ3) is 4.27. The Morgan fingerprint density at radius 2 is 2.16 bits per heavy atom. The van der Waals surface area contributed by atoms with Crippen molar-refractivity contribution in [2.75, 3.05) is 19.6 Å². The second-order valence-electron chi connectivity index (χ2n) is 4.83. The summed E-state index contributed by atoms with van der Waals surface area (Å²) in [5.74, 6) is 0.579. The Balaban J connectivity index is 1.89. The van der Waals surface area contributed by atoms with Gasteiger partial charge in [0.25, 0.3) is 0 Å². The maximum Gasteiger partial charge on any atom is 0.241 e. The van der Waals surface area contributed by atoms with Gasteiger partial charge < -0.3 is 5.32 Å². The lowest BCUT2D eigenvalue weighted by Crippen LogP contribution is -2.33. The SMILES string of the molecule is O=S(=O)(NCCC1CCCNC1)c1ccccc1Br. The maximum atomic E-state index is 12.1. The molecule has 1 aromatic carbocycles. The first-order valence-corrected chi connectivity index (χ1v) is 8.82. The summed E-state index contributed by atoms with van der Waals surface area (Å²) in [7, 11) is -3.41. The van der Waals surface area contributed by atoms with E-state index in [9.17, 15) is 8.42 Å². The Hall–Kier alpha value is -0.430. The van der Waals surface area contributed by atoms with Crippen molar-refractivity contribution in [3.63, 3.8) is 0 Å². The minimum absolute atomic E-state index is 0.303. The van der Waals surface area contributed by atoms with Crippen LogP contribution in [0.25, 0.3) is 0 Å². The molecule has 1 fully saturated rings. The summed E-state index contributed by atoms with van der Waals surface area (Å²) < 4.78 is 27.6. The van der Waals surface area contributed by atoms with Gasteiger partial charge in [0.15, 0.2) is 0 Å². The minimum atomic E-state index is -3.41. The Labute approximate surface area is 123 Å². The summed E-state index contributed by atoms with van der Waals surface area (Å²) in [6.07, 6.45) is 3.25. The van der Waals surface area contributed by atoms with Crippen LogP contribution < -0.4 is 10.0 Å². The van der Waals surface area contributed by atoms with Gasteiger partial charge in [-0.1, -0.05) is 12.1 Å². The Kier molecular flexibility index (Phi) is 5.38. The fourth-order valence-electron chi connectivity index (χ4n) is 2.31. The Morgan fingerprint density at radius 3 is 2.84 bits per heavy atom. The van der Waals surface area contributed by atoms with Gasteiger partial charge in [0.1, 0.15) is 0 Å². The summed E-state index contributed by atoms with van der Waals surface area (Å²) in [4.78, 5) is 0.303. The topological polar surface area (TPSA) is 58.2 Å². The molecule has 4 nitrogen and oxygen atoms in total. The fourth-order valence-corrected chi connectivity index (χ4v) is 4.36. The average Bonchev–Trinajstić information content (AvgIpc) is 2.40. The van der Waals surface area contributed by atoms with Crippen LogP contribution in [-0.2, 0) is 10.0 Å². The normalized spacial score (nSPS) is 20.4. The lowest BCUT2D eigenvalue weighted by atomic mass is 9.96. The molecule has 106 valence electrons. The Morgan fingerprint density at radius 1 is 1.37 bits per heavy atom. The molecule has 0 saturated carbocycles. The highest BCUT2D eigenvalue weighted by atomic mass is 79.9. The second-order valence-corrected chi connectivity index (χ2v) is 7.42. The van der Waals surface area contributed by atoms with E-state index >= 15 is 0 Å². The van der Waals surface area contributed by atoms with Gasteiger partial charge in [-0.2, -0.15) is 0 Å². The standard InChI is InChI=1S/C13H19BrN2O2S/c14-12-5-1-2-6-13(12)19(17,18)16-9-7-11-4-3-8-15-10-11/h1-2,5-6,11,15-16H,3-4,7-10H2. The quantitative estimate of drug-likeness (QED) is 0.858. The Bertz CT molecular complexity index is 513. The molecule has 2 rings (SSSR count). The van der Waals surface area contributed by atoms with Crippen LogP contribution >= 0.6 is 15.9 Å². The minimum Gasteiger partial charge on any atom is -0.316 e. The molecule has 1 aliphatic rings. The molecular formula is C13H19BrN2O2S. The van der Waals surface area contributed by atoms with Crippen LogP contribution in [0.15, 0.2) is 33.6 Å². The van der Waals surface area contributed by atoms with Crippen LogP contribution in [0.1, 0.15) is 19.3 Å². The lowest BCUT2D eigenvalue weighted by Gasteiger charge is -2.22. The number of hydrogen-bond acceptors (Lipinski definition) is 3. The largest absolute Gasteiger partial charge is 0.316 e. The van der Waals surface area contributed by atoms with Gasteiger partial charge in [-0.05, 0) is 66.3 Å². The van der Waals surface area contributed by atoms with E-state index in [4.69, 9.17) is 0 Å². The molecule has 2 N–H and O–H groups in total. The van der Waals surface area contributed by atoms with Crippen LogP contribution in [0.2, 0.25) is 0 Å². The van der Waals surface area contributed by atoms with Crippen LogP contribution in [0, 0.1) is 5.92 Å². The van der Waals surface area contributed by atoms with Gasteiger partial charge in [-0.3, -0.25) is 0 Å². The van der Waals surface area contributed by atoms with Crippen molar-refractivity contribution in [3.8, 4) is 0 Å². The van der Waals surface area contributed by atoms with Crippen molar-refractivity contribution in [2.24, 2.45) is 5.92 Å². The fraction of sp³-hybridized carbons (Fsp3) is 0.538. The van der Waals surface area contributed by atoms with E-state index in [1.54, 1.807) is 24.3 Å². The maximum absolute atomic E-state index is 12.1. The molecule has 1 saturated heterocycles. The molecule has 6 heteroatoms. The molecule has 1 atom stereocenters. The summed E-state index contributed by atoms with van der Waals surface area (Å²) in [5, 5.41) is 3.34. The third-order valence-corrected chi connectivity index (χ3v) is 5.84. The molecule has 19 heavy (non-hydrogen) atoms. The number of piperidine rings is 1. The monoisotopic (exact) mass is 346 g/mol. The summed E-state index contributed by atoms with van der Waals surface area (Å²) in [6, 6.07) is 6.87. The van der Waals surface area contributed by atoms with Crippen molar-refractivity contribution in [2.45, 2.75) is 24.2 Å². The molecule has 1 aromatic rings. The first-order chi connectivity index (χ1) is 9.09. The zero-order chi connectivity index (χ0) is 13.7. The predicted molar refractivity (Wildman–Crippen MR) is 79.5 cm³/mol. The molecule has 0 radical (unpaired) electrons. The van der Waals surface area contributed by atoms with E-state index in [0.29, 0.717) is 21.8 Å². The van der Waals surface area contributed by atoms with Crippen molar-refractivity contribution < 1.29 is 8.42 Å². The van der Waals surface area contributed by atoms with Crippen LogP contribution in [0.5, 0.6) is 0 Å². The van der Waals surface area contributed by atoms with Gasteiger partial charge in [0, 0.05) is 11.0 Å². The molecule has 0 spiro atoms. The van der Waals surface area contributed by atoms with Gasteiger partial charge in [-0.15, -0.1) is 0 Å². The molecule has 0 bridgehead atoms. The summed E-state index contributed by atoms with van der Waals surface area (Å²) >= 11 is 3.27. The van der Waals surface area contributed by atoms with E-state index in [1.807, 2.05) is 0 Å². The summed E-state index contributed by atoms with van der Waals surface area (Å²) in [5.41, 5.74) is 0. The van der Waals surface area contributed by atoms with Crippen molar-refractivity contribution in [3.05, 3.63) is 28.7 Å². The van der Waals surface area contributed by atoms with Crippen LogP contribution in [0.3, 0.4) is 0 Å². The van der Waals surface area contributed by atoms with E-state index in [1.165, 1.54) is 12.8 Å². The number of hydrogen-bond donors (Lipinski definition) is 2. The number of benzene rings is 1. The van der Waals surface area contributed by atoms with E-state index in [2.05, 4.69) is 26.0 Å². The van der Waals surface area contributed by atoms with Crippen molar-refractivity contribution in [1.29, 1.82) is 0 Å². The lowest BCUT2D eigenvalue weighted by molar-refractivity contribution is 0.358. The second kappa shape index (κ2) is 6.83. The van der Waals surface area contributed by atoms with E-state index in [0.717, 1.165) is 19.5 Å². The predicted octanol–water partition coefficient (Wildman–Crippen LogP) is 2.12. The molecular weight excluding hydrogens is 328 g/mol. The molecule has 1 aliphatic heterocycles. The average molecular weight is 347 g/mol.